The third kappa shape index (κ3) is 4.05. The van der Waals surface area contributed by atoms with Crippen LogP contribution in [0.2, 0.25) is 0 Å². The van der Waals surface area contributed by atoms with Gasteiger partial charge in [-0.05, 0) is 40.5 Å². The average molecular weight is 273 g/mol. The number of hydrogen-bond donors (Lipinski definition) is 0. The molecule has 0 amide bonds. The van der Waals surface area contributed by atoms with Gasteiger partial charge in [0.15, 0.2) is 10.3 Å². The molecule has 0 aliphatic rings. The highest BCUT2D eigenvalue weighted by Crippen LogP contribution is 2.57. The number of hydrogen-bond acceptors (Lipinski definition) is 1. The monoisotopic (exact) mass is 273 g/mol. The van der Waals surface area contributed by atoms with Gasteiger partial charge in [0.25, 0.3) is 0 Å². The Bertz CT molecular complexity index is 242. The minimum absolute atomic E-state index is 0.0587. The van der Waals surface area contributed by atoms with Crippen molar-refractivity contribution < 1.29 is 4.57 Å². The van der Waals surface area contributed by atoms with Crippen molar-refractivity contribution in [3.8, 4) is 0 Å². The Labute approximate surface area is 116 Å². The van der Waals surface area contributed by atoms with Crippen molar-refractivity contribution >= 4 is 7.80 Å². The molecule has 0 rings (SSSR count). The van der Waals surface area contributed by atoms with Crippen molar-refractivity contribution in [3.63, 3.8) is 0 Å². The molecule has 0 saturated heterocycles. The lowest BCUT2D eigenvalue weighted by atomic mass is 9.91. The summed E-state index contributed by atoms with van der Waals surface area (Å²) >= 11 is 0. The highest BCUT2D eigenvalue weighted by Gasteiger charge is 2.55. The van der Waals surface area contributed by atoms with Crippen LogP contribution in [0.25, 0.3) is 0 Å². The van der Waals surface area contributed by atoms with Crippen LogP contribution in [0.15, 0.2) is 0 Å². The first-order valence-electron chi connectivity index (χ1n) is 7.59. The smallest absolute Gasteiger partial charge is 0.0736 e. The molecule has 0 N–H and O–H groups in total. The van der Waals surface area contributed by atoms with Crippen molar-refractivity contribution in [3.05, 3.63) is 0 Å². The predicted molar refractivity (Wildman–Crippen MR) is 83.9 cm³/mol. The molecule has 0 fully saturated rings. The van der Waals surface area contributed by atoms with Crippen LogP contribution in [0.5, 0.6) is 0 Å². The Hall–Kier alpha value is 0.100. The van der Waals surface area contributed by atoms with Gasteiger partial charge in [-0.3, -0.25) is 0 Å². The minimum atomic E-state index is -1.22. The van der Waals surface area contributed by atoms with Crippen molar-refractivity contribution in [2.45, 2.75) is 91.4 Å². The molecular weight excluding hydrogens is 239 g/mol. The van der Waals surface area contributed by atoms with Gasteiger partial charge in [0.05, 0.1) is 0 Å². The summed E-state index contributed by atoms with van der Waals surface area (Å²) in [5.41, 5.74) is 0. The molecule has 0 saturated carbocycles. The molecule has 2 unspecified atom stereocenters. The normalized spacial score (nSPS) is 17.4. The Morgan fingerprint density at radius 3 is 1.33 bits per heavy atom. The second-order valence-corrected chi connectivity index (χ2v) is 9.88. The summed E-state index contributed by atoms with van der Waals surface area (Å²) in [6.45, 7) is 17.8. The summed E-state index contributed by atoms with van der Waals surface area (Å²) in [5, 5.41) is -0.117. The van der Waals surface area contributed by atoms with E-state index in [1.807, 2.05) is 0 Å². The zero-order chi connectivity index (χ0) is 14.6. The first kappa shape index (κ1) is 18.1. The molecular formula is C16H34OP+. The fourth-order valence-corrected chi connectivity index (χ4v) is 5.26. The van der Waals surface area contributed by atoms with E-state index in [1.165, 1.54) is 25.7 Å². The van der Waals surface area contributed by atoms with Crippen molar-refractivity contribution in [1.82, 2.24) is 0 Å². The maximum atomic E-state index is 13.1. The van der Waals surface area contributed by atoms with Gasteiger partial charge in [-0.25, -0.2) is 0 Å². The molecule has 0 bridgehead atoms. The summed E-state index contributed by atoms with van der Waals surface area (Å²) < 4.78 is 13.1. The van der Waals surface area contributed by atoms with Gasteiger partial charge < -0.3 is 0 Å². The molecule has 0 heterocycles. The fourth-order valence-electron chi connectivity index (χ4n) is 2.72. The third-order valence-corrected chi connectivity index (χ3v) is 7.88. The largest absolute Gasteiger partial charge is 0.350 e. The quantitative estimate of drug-likeness (QED) is 0.478. The maximum Gasteiger partial charge on any atom is 0.350 e. The summed E-state index contributed by atoms with van der Waals surface area (Å²) in [4.78, 5) is 0. The zero-order valence-corrected chi connectivity index (χ0v) is 14.7. The Morgan fingerprint density at radius 2 is 1.11 bits per heavy atom. The Kier molecular flexibility index (Phi) is 7.07. The van der Waals surface area contributed by atoms with E-state index in [1.54, 1.807) is 0 Å². The summed E-state index contributed by atoms with van der Waals surface area (Å²) in [7, 11) is -1.22. The van der Waals surface area contributed by atoms with Gasteiger partial charge in [0, 0.05) is 11.8 Å². The summed E-state index contributed by atoms with van der Waals surface area (Å²) in [6, 6.07) is 0. The maximum absolute atomic E-state index is 13.1. The minimum Gasteiger partial charge on any atom is -0.0736 e. The second kappa shape index (κ2) is 7.04. The molecule has 0 aromatic rings. The van der Waals surface area contributed by atoms with E-state index >= 15 is 0 Å². The predicted octanol–water partition coefficient (Wildman–Crippen LogP) is 6.24. The molecule has 1 nitrogen and oxygen atoms in total. The van der Waals surface area contributed by atoms with Gasteiger partial charge in [-0.15, -0.1) is 0 Å². The first-order chi connectivity index (χ1) is 8.12. The van der Waals surface area contributed by atoms with Crippen LogP contribution >= 0.6 is 7.80 Å². The fraction of sp³-hybridized carbons (Fsp3) is 1.00. The van der Waals surface area contributed by atoms with E-state index in [0.29, 0.717) is 11.8 Å². The molecule has 2 heteroatoms. The van der Waals surface area contributed by atoms with E-state index < -0.39 is 7.80 Å². The Balaban J connectivity index is 5.00. The third-order valence-electron chi connectivity index (χ3n) is 4.90. The van der Waals surface area contributed by atoms with Crippen LogP contribution in [0, 0.1) is 11.8 Å². The second-order valence-electron chi connectivity index (χ2n) is 6.98. The van der Waals surface area contributed by atoms with Crippen molar-refractivity contribution in [2.75, 3.05) is 0 Å². The zero-order valence-electron chi connectivity index (χ0n) is 13.8. The molecule has 0 aromatic heterocycles. The van der Waals surface area contributed by atoms with Crippen molar-refractivity contribution in [2.24, 2.45) is 11.8 Å². The molecule has 0 aromatic carbocycles. The molecule has 0 radical (unpaired) electrons. The van der Waals surface area contributed by atoms with Crippen LogP contribution < -0.4 is 0 Å². The van der Waals surface area contributed by atoms with E-state index in [-0.39, 0.29) is 10.3 Å². The van der Waals surface area contributed by atoms with Gasteiger partial charge in [0.1, 0.15) is 0 Å². The van der Waals surface area contributed by atoms with Crippen LogP contribution in [0.1, 0.15) is 81.1 Å². The van der Waals surface area contributed by atoms with Crippen molar-refractivity contribution in [1.29, 1.82) is 0 Å². The molecule has 0 spiro atoms. The van der Waals surface area contributed by atoms with E-state index in [4.69, 9.17) is 0 Å². The highest BCUT2D eigenvalue weighted by molar-refractivity contribution is 7.48. The standard InChI is InChI=1S/C16H34OP/c1-9-11-13(3)15(5,6)18(17)16(7,8)14(4)12-10-2/h13-14H,9-12H2,1-8H3/q+1. The highest BCUT2D eigenvalue weighted by atomic mass is 31.1. The van der Waals surface area contributed by atoms with Gasteiger partial charge >= 0.3 is 7.80 Å². The van der Waals surface area contributed by atoms with Gasteiger partial charge in [-0.1, -0.05) is 45.1 Å². The lowest BCUT2D eigenvalue weighted by Gasteiger charge is -2.31. The SMILES string of the molecule is CCCC(C)C(C)(C)[P+](=O)C(C)(C)C(C)CCC. The van der Waals surface area contributed by atoms with E-state index in [0.717, 1.165) is 0 Å². The Morgan fingerprint density at radius 1 is 0.833 bits per heavy atom. The van der Waals surface area contributed by atoms with Gasteiger partial charge in [-0.2, -0.15) is 0 Å². The van der Waals surface area contributed by atoms with Crippen LogP contribution in [0.3, 0.4) is 0 Å². The summed E-state index contributed by atoms with van der Waals surface area (Å²) in [5.74, 6) is 1.05. The average Bonchev–Trinajstić information content (AvgIpc) is 2.28. The van der Waals surface area contributed by atoms with Crippen LogP contribution in [-0.2, 0) is 4.57 Å². The lowest BCUT2D eigenvalue weighted by Crippen LogP contribution is -2.36. The van der Waals surface area contributed by atoms with E-state index in [9.17, 15) is 4.57 Å². The molecule has 0 aliphatic carbocycles. The lowest BCUT2D eigenvalue weighted by molar-refractivity contribution is 0.361. The van der Waals surface area contributed by atoms with Crippen LogP contribution in [0.4, 0.5) is 0 Å². The molecule has 0 aliphatic heterocycles. The van der Waals surface area contributed by atoms with Gasteiger partial charge in [0.2, 0.25) is 0 Å². The molecule has 18 heavy (non-hydrogen) atoms. The first-order valence-corrected chi connectivity index (χ1v) is 8.85. The molecule has 2 atom stereocenters. The number of rotatable bonds is 8. The molecule has 108 valence electrons. The van der Waals surface area contributed by atoms with Crippen LogP contribution in [-0.4, -0.2) is 10.3 Å². The summed E-state index contributed by atoms with van der Waals surface area (Å²) in [6.07, 6.45) is 4.70. The van der Waals surface area contributed by atoms with E-state index in [2.05, 4.69) is 55.4 Å². The topological polar surface area (TPSA) is 17.1 Å².